The SMILES string of the molecule is COc1ccccc1N1CCN(C(=O)C2CCCN(c3ccc(-c4ccc(F)cc4)nn3)C2)CC1. The molecule has 3 aromatic rings. The Morgan fingerprint density at radius 2 is 1.69 bits per heavy atom. The van der Waals surface area contributed by atoms with Crippen LogP contribution in [0.4, 0.5) is 15.9 Å². The Kier molecular flexibility index (Phi) is 6.79. The van der Waals surface area contributed by atoms with Crippen molar-refractivity contribution in [3.63, 3.8) is 0 Å². The first-order valence-electron chi connectivity index (χ1n) is 12.1. The molecule has 7 nitrogen and oxygen atoms in total. The van der Waals surface area contributed by atoms with E-state index in [-0.39, 0.29) is 17.6 Å². The van der Waals surface area contributed by atoms with E-state index < -0.39 is 0 Å². The molecule has 3 heterocycles. The highest BCUT2D eigenvalue weighted by molar-refractivity contribution is 5.80. The van der Waals surface area contributed by atoms with Crippen LogP contribution in [0.2, 0.25) is 0 Å². The lowest BCUT2D eigenvalue weighted by Crippen LogP contribution is -2.52. The van der Waals surface area contributed by atoms with E-state index in [2.05, 4.69) is 26.1 Å². The van der Waals surface area contributed by atoms with Gasteiger partial charge in [0.25, 0.3) is 0 Å². The fourth-order valence-electron chi connectivity index (χ4n) is 4.97. The summed E-state index contributed by atoms with van der Waals surface area (Å²) in [4.78, 5) is 19.8. The minimum absolute atomic E-state index is 0.0415. The second-order valence-corrected chi connectivity index (χ2v) is 9.05. The molecular formula is C27H30FN5O2. The zero-order valence-corrected chi connectivity index (χ0v) is 19.9. The van der Waals surface area contributed by atoms with Crippen molar-refractivity contribution in [3.8, 4) is 17.0 Å². The summed E-state index contributed by atoms with van der Waals surface area (Å²) in [6, 6.07) is 18.1. The molecule has 1 amide bonds. The van der Waals surface area contributed by atoms with Gasteiger partial charge in [-0.15, -0.1) is 10.2 Å². The van der Waals surface area contributed by atoms with Crippen molar-refractivity contribution in [1.82, 2.24) is 15.1 Å². The number of ether oxygens (including phenoxy) is 1. The van der Waals surface area contributed by atoms with E-state index >= 15 is 0 Å². The lowest BCUT2D eigenvalue weighted by molar-refractivity contribution is -0.136. The van der Waals surface area contributed by atoms with Gasteiger partial charge in [0, 0.05) is 44.8 Å². The summed E-state index contributed by atoms with van der Waals surface area (Å²) in [5, 5.41) is 8.75. The number of halogens is 1. The zero-order chi connectivity index (χ0) is 24.2. The van der Waals surface area contributed by atoms with Crippen molar-refractivity contribution in [3.05, 3.63) is 66.5 Å². The lowest BCUT2D eigenvalue weighted by atomic mass is 9.96. The third-order valence-electron chi connectivity index (χ3n) is 6.90. The summed E-state index contributed by atoms with van der Waals surface area (Å²) in [6.45, 7) is 4.50. The predicted molar refractivity (Wildman–Crippen MR) is 134 cm³/mol. The molecule has 0 spiro atoms. The van der Waals surface area contributed by atoms with Crippen LogP contribution in [-0.2, 0) is 4.79 Å². The number of amides is 1. The number of hydrogen-bond acceptors (Lipinski definition) is 6. The summed E-state index contributed by atoms with van der Waals surface area (Å²) < 4.78 is 18.7. The molecule has 35 heavy (non-hydrogen) atoms. The van der Waals surface area contributed by atoms with Crippen LogP contribution in [0.25, 0.3) is 11.3 Å². The van der Waals surface area contributed by atoms with Gasteiger partial charge in [-0.1, -0.05) is 12.1 Å². The first-order chi connectivity index (χ1) is 17.1. The smallest absolute Gasteiger partial charge is 0.227 e. The average Bonchev–Trinajstić information content (AvgIpc) is 2.93. The maximum atomic E-state index is 13.4. The third-order valence-corrected chi connectivity index (χ3v) is 6.90. The predicted octanol–water partition coefficient (Wildman–Crippen LogP) is 3.86. The van der Waals surface area contributed by atoms with Gasteiger partial charge in [-0.2, -0.15) is 0 Å². The highest BCUT2D eigenvalue weighted by atomic mass is 19.1. The molecule has 8 heteroatoms. The van der Waals surface area contributed by atoms with Gasteiger partial charge in [0.15, 0.2) is 5.82 Å². The van der Waals surface area contributed by atoms with E-state index in [1.807, 2.05) is 35.2 Å². The van der Waals surface area contributed by atoms with Gasteiger partial charge in [0.1, 0.15) is 11.6 Å². The summed E-state index contributed by atoms with van der Waals surface area (Å²) in [5.41, 5.74) is 2.60. The summed E-state index contributed by atoms with van der Waals surface area (Å²) in [7, 11) is 1.69. The van der Waals surface area contributed by atoms with Crippen molar-refractivity contribution >= 4 is 17.4 Å². The van der Waals surface area contributed by atoms with Gasteiger partial charge in [-0.3, -0.25) is 4.79 Å². The van der Waals surface area contributed by atoms with Crippen molar-refractivity contribution in [2.24, 2.45) is 5.92 Å². The van der Waals surface area contributed by atoms with E-state index in [9.17, 15) is 9.18 Å². The Hall–Kier alpha value is -3.68. The van der Waals surface area contributed by atoms with Crippen molar-refractivity contribution in [1.29, 1.82) is 0 Å². The number of piperidine rings is 1. The number of rotatable bonds is 5. The number of anilines is 2. The minimum atomic E-state index is -0.274. The molecule has 0 aliphatic carbocycles. The molecule has 5 rings (SSSR count). The van der Waals surface area contributed by atoms with E-state index in [0.717, 1.165) is 55.3 Å². The van der Waals surface area contributed by atoms with Gasteiger partial charge in [0.2, 0.25) is 5.91 Å². The van der Waals surface area contributed by atoms with E-state index in [1.54, 1.807) is 19.2 Å². The Balaban J connectivity index is 1.19. The second kappa shape index (κ2) is 10.3. The molecule has 0 radical (unpaired) electrons. The molecule has 182 valence electrons. The Labute approximate surface area is 205 Å². The third kappa shape index (κ3) is 5.06. The molecule has 0 bridgehead atoms. The molecule has 1 unspecified atom stereocenters. The van der Waals surface area contributed by atoms with Crippen LogP contribution in [0, 0.1) is 11.7 Å². The number of para-hydroxylation sites is 2. The number of carbonyl (C=O) groups excluding carboxylic acids is 1. The van der Waals surface area contributed by atoms with E-state index in [4.69, 9.17) is 4.74 Å². The normalized spacial score (nSPS) is 18.5. The maximum absolute atomic E-state index is 13.4. The summed E-state index contributed by atoms with van der Waals surface area (Å²) in [5.74, 6) is 1.55. The molecule has 1 aromatic heterocycles. The van der Waals surface area contributed by atoms with Crippen LogP contribution in [0.3, 0.4) is 0 Å². The van der Waals surface area contributed by atoms with Crippen LogP contribution in [0.15, 0.2) is 60.7 Å². The summed E-state index contributed by atoms with van der Waals surface area (Å²) >= 11 is 0. The van der Waals surface area contributed by atoms with Crippen molar-refractivity contribution in [2.75, 3.05) is 56.2 Å². The minimum Gasteiger partial charge on any atom is -0.495 e. The number of methoxy groups -OCH3 is 1. The lowest BCUT2D eigenvalue weighted by Gasteiger charge is -2.40. The van der Waals surface area contributed by atoms with Gasteiger partial charge in [-0.05, 0) is 61.4 Å². The Morgan fingerprint density at radius 3 is 2.40 bits per heavy atom. The van der Waals surface area contributed by atoms with Crippen LogP contribution in [0.5, 0.6) is 5.75 Å². The molecule has 2 fully saturated rings. The molecule has 2 saturated heterocycles. The fraction of sp³-hybridized carbons (Fsp3) is 0.370. The number of benzene rings is 2. The number of nitrogens with zero attached hydrogens (tertiary/aromatic N) is 5. The highest BCUT2D eigenvalue weighted by Crippen LogP contribution is 2.29. The average molecular weight is 476 g/mol. The molecule has 2 aliphatic rings. The first-order valence-corrected chi connectivity index (χ1v) is 12.1. The van der Waals surface area contributed by atoms with Crippen molar-refractivity contribution < 1.29 is 13.9 Å². The van der Waals surface area contributed by atoms with Crippen molar-refractivity contribution in [2.45, 2.75) is 12.8 Å². The van der Waals surface area contributed by atoms with Crippen LogP contribution < -0.4 is 14.5 Å². The van der Waals surface area contributed by atoms with E-state index in [0.29, 0.717) is 25.3 Å². The number of hydrogen-bond donors (Lipinski definition) is 0. The summed E-state index contributed by atoms with van der Waals surface area (Å²) in [6.07, 6.45) is 1.84. The van der Waals surface area contributed by atoms with Gasteiger partial charge in [0.05, 0.1) is 24.4 Å². The number of aromatic nitrogens is 2. The first kappa shape index (κ1) is 23.1. The highest BCUT2D eigenvalue weighted by Gasteiger charge is 2.32. The van der Waals surface area contributed by atoms with Gasteiger partial charge >= 0.3 is 0 Å². The van der Waals surface area contributed by atoms with Gasteiger partial charge in [-0.25, -0.2) is 4.39 Å². The maximum Gasteiger partial charge on any atom is 0.227 e. The number of carbonyl (C=O) groups is 1. The Morgan fingerprint density at radius 1 is 0.914 bits per heavy atom. The molecule has 1 atom stereocenters. The monoisotopic (exact) mass is 475 g/mol. The number of piperazine rings is 1. The van der Waals surface area contributed by atoms with Crippen LogP contribution in [-0.4, -0.2) is 67.4 Å². The van der Waals surface area contributed by atoms with Gasteiger partial charge < -0.3 is 19.4 Å². The largest absolute Gasteiger partial charge is 0.495 e. The Bertz CT molecular complexity index is 1150. The molecule has 2 aliphatic heterocycles. The molecule has 2 aromatic carbocycles. The topological polar surface area (TPSA) is 61.8 Å². The molecule has 0 N–H and O–H groups in total. The standard InChI is InChI=1S/C27H30FN5O2/c1-35-25-7-3-2-6-24(25)31-15-17-32(18-16-31)27(34)21-5-4-14-33(19-21)26-13-12-23(29-30-26)20-8-10-22(28)11-9-20/h2-3,6-13,21H,4-5,14-19H2,1H3. The zero-order valence-electron chi connectivity index (χ0n) is 19.9. The van der Waals surface area contributed by atoms with Crippen LogP contribution >= 0.6 is 0 Å². The van der Waals surface area contributed by atoms with Crippen LogP contribution in [0.1, 0.15) is 12.8 Å². The second-order valence-electron chi connectivity index (χ2n) is 9.05. The van der Waals surface area contributed by atoms with E-state index in [1.165, 1.54) is 12.1 Å². The molecule has 0 saturated carbocycles. The fourth-order valence-corrected chi connectivity index (χ4v) is 4.97. The quantitative estimate of drug-likeness (QED) is 0.559. The molecular weight excluding hydrogens is 445 g/mol.